The van der Waals surface area contributed by atoms with Crippen LogP contribution in [0.5, 0.6) is 0 Å². The fourth-order valence-electron chi connectivity index (χ4n) is 1.13. The summed E-state index contributed by atoms with van der Waals surface area (Å²) in [5.74, 6) is 1.93. The molecule has 0 aliphatic heterocycles. The van der Waals surface area contributed by atoms with Gasteiger partial charge in [-0.2, -0.15) is 11.8 Å². The van der Waals surface area contributed by atoms with E-state index in [0.29, 0.717) is 11.7 Å². The van der Waals surface area contributed by atoms with Crippen LogP contribution < -0.4 is 0 Å². The fraction of sp³-hybridized carbons (Fsp3) is 0.900. The van der Waals surface area contributed by atoms with Crippen molar-refractivity contribution in [3.63, 3.8) is 0 Å². The van der Waals surface area contributed by atoms with Crippen molar-refractivity contribution < 1.29 is 4.79 Å². The van der Waals surface area contributed by atoms with Gasteiger partial charge in [0.25, 0.3) is 0 Å². The van der Waals surface area contributed by atoms with Gasteiger partial charge in [0.1, 0.15) is 5.78 Å². The van der Waals surface area contributed by atoms with Crippen LogP contribution in [-0.2, 0) is 4.79 Å². The number of carbonyl (C=O) groups is 1. The summed E-state index contributed by atoms with van der Waals surface area (Å²) in [6.45, 7) is 8.11. The molecule has 0 rings (SSSR count). The monoisotopic (exact) mass is 188 g/mol. The van der Waals surface area contributed by atoms with Crippen molar-refractivity contribution in [2.24, 2.45) is 5.92 Å². The molecule has 0 saturated heterocycles. The minimum Gasteiger partial charge on any atom is -0.299 e. The molecule has 0 radical (unpaired) electrons. The van der Waals surface area contributed by atoms with E-state index in [1.807, 2.05) is 11.8 Å². The lowest BCUT2D eigenvalue weighted by atomic mass is 10.1. The van der Waals surface area contributed by atoms with Crippen molar-refractivity contribution in [3.05, 3.63) is 0 Å². The Balaban J connectivity index is 3.72. The Bertz CT molecular complexity index is 132. The first kappa shape index (κ1) is 12.0. The Labute approximate surface area is 80.3 Å². The molecule has 0 heterocycles. The second-order valence-corrected chi connectivity index (χ2v) is 4.75. The lowest BCUT2D eigenvalue weighted by Gasteiger charge is -2.16. The molecule has 72 valence electrons. The zero-order valence-electron chi connectivity index (χ0n) is 8.59. The third kappa shape index (κ3) is 4.81. The number of carbonyl (C=O) groups excluding carboxylic acids is 1. The first-order valence-corrected chi connectivity index (χ1v) is 5.76. The number of hydrogen-bond acceptors (Lipinski definition) is 2. The Morgan fingerprint density at radius 2 is 2.00 bits per heavy atom. The van der Waals surface area contributed by atoms with Crippen molar-refractivity contribution in [3.8, 4) is 0 Å². The van der Waals surface area contributed by atoms with Crippen LogP contribution in [-0.4, -0.2) is 16.8 Å². The van der Waals surface area contributed by atoms with Crippen molar-refractivity contribution >= 4 is 17.5 Å². The summed E-state index contributed by atoms with van der Waals surface area (Å²) in [7, 11) is 0. The van der Waals surface area contributed by atoms with E-state index in [0.717, 1.165) is 5.75 Å². The smallest absolute Gasteiger partial charge is 0.143 e. The predicted octanol–water partition coefficient (Wildman–Crippen LogP) is 3.13. The molecule has 1 nitrogen and oxygen atoms in total. The molecule has 0 aliphatic rings. The molecule has 0 aromatic carbocycles. The third-order valence-corrected chi connectivity index (χ3v) is 3.56. The van der Waals surface area contributed by atoms with Crippen LogP contribution in [0.3, 0.4) is 0 Å². The maximum absolute atomic E-state index is 11.2. The Kier molecular flexibility index (Phi) is 6.54. The van der Waals surface area contributed by atoms with Crippen molar-refractivity contribution in [2.45, 2.75) is 45.8 Å². The first-order chi connectivity index (χ1) is 5.59. The highest BCUT2D eigenvalue weighted by Gasteiger charge is 2.17. The van der Waals surface area contributed by atoms with Gasteiger partial charge in [-0.15, -0.1) is 0 Å². The van der Waals surface area contributed by atoms with Gasteiger partial charge in [-0.25, -0.2) is 0 Å². The second kappa shape index (κ2) is 6.53. The highest BCUT2D eigenvalue weighted by Crippen LogP contribution is 2.21. The molecule has 0 aromatic heterocycles. The van der Waals surface area contributed by atoms with Gasteiger partial charge in [0.05, 0.1) is 5.25 Å². The summed E-state index contributed by atoms with van der Waals surface area (Å²) in [6, 6.07) is 0. The van der Waals surface area contributed by atoms with E-state index in [-0.39, 0.29) is 5.25 Å². The zero-order valence-corrected chi connectivity index (χ0v) is 9.41. The van der Waals surface area contributed by atoms with Crippen LogP contribution in [0, 0.1) is 5.92 Å². The van der Waals surface area contributed by atoms with Gasteiger partial charge >= 0.3 is 0 Å². The SMILES string of the molecule is CCCCSC(C(C)=O)C(C)C. The molecule has 2 heteroatoms. The summed E-state index contributed by atoms with van der Waals surface area (Å²) in [4.78, 5) is 11.2. The third-order valence-electron chi connectivity index (χ3n) is 1.80. The van der Waals surface area contributed by atoms with Crippen LogP contribution in [0.2, 0.25) is 0 Å². The number of thioether (sulfide) groups is 1. The Morgan fingerprint density at radius 3 is 2.33 bits per heavy atom. The molecule has 1 atom stereocenters. The molecule has 1 unspecified atom stereocenters. The highest BCUT2D eigenvalue weighted by molar-refractivity contribution is 8.00. The van der Waals surface area contributed by atoms with E-state index >= 15 is 0 Å². The topological polar surface area (TPSA) is 17.1 Å². The minimum atomic E-state index is 0.219. The molecule has 0 N–H and O–H groups in total. The van der Waals surface area contributed by atoms with Gasteiger partial charge < -0.3 is 0 Å². The van der Waals surface area contributed by atoms with E-state index in [9.17, 15) is 4.79 Å². The molecular weight excluding hydrogens is 168 g/mol. The lowest BCUT2D eigenvalue weighted by Crippen LogP contribution is -2.20. The Hall–Kier alpha value is 0.0200. The number of ketones is 1. The zero-order chi connectivity index (χ0) is 9.56. The molecule has 0 aromatic rings. The van der Waals surface area contributed by atoms with Crippen molar-refractivity contribution in [1.82, 2.24) is 0 Å². The van der Waals surface area contributed by atoms with Gasteiger partial charge in [0.2, 0.25) is 0 Å². The fourth-order valence-corrected chi connectivity index (χ4v) is 2.46. The molecule has 0 spiro atoms. The average Bonchev–Trinajstić information content (AvgIpc) is 1.96. The summed E-state index contributed by atoms with van der Waals surface area (Å²) in [5.41, 5.74) is 0. The van der Waals surface area contributed by atoms with Gasteiger partial charge in [-0.3, -0.25) is 4.79 Å². The van der Waals surface area contributed by atoms with Crippen LogP contribution in [0.25, 0.3) is 0 Å². The quantitative estimate of drug-likeness (QED) is 0.596. The maximum atomic E-state index is 11.2. The standard InChI is InChI=1S/C10H20OS/c1-5-6-7-12-10(8(2)3)9(4)11/h8,10H,5-7H2,1-4H3. The van der Waals surface area contributed by atoms with E-state index in [4.69, 9.17) is 0 Å². The van der Waals surface area contributed by atoms with Gasteiger partial charge in [0.15, 0.2) is 0 Å². The molecule has 12 heavy (non-hydrogen) atoms. The second-order valence-electron chi connectivity index (χ2n) is 3.50. The summed E-state index contributed by atoms with van der Waals surface area (Å²) < 4.78 is 0. The molecular formula is C10H20OS. The molecule has 0 fully saturated rings. The average molecular weight is 188 g/mol. The molecule has 0 aliphatic carbocycles. The predicted molar refractivity (Wildman–Crippen MR) is 56.7 cm³/mol. The van der Waals surface area contributed by atoms with Crippen LogP contribution >= 0.6 is 11.8 Å². The van der Waals surface area contributed by atoms with E-state index in [2.05, 4.69) is 20.8 Å². The summed E-state index contributed by atoms with van der Waals surface area (Å²) in [5, 5.41) is 0.219. The number of rotatable bonds is 6. The van der Waals surface area contributed by atoms with E-state index < -0.39 is 0 Å². The van der Waals surface area contributed by atoms with Gasteiger partial charge in [-0.05, 0) is 25.0 Å². The van der Waals surface area contributed by atoms with Crippen LogP contribution in [0.15, 0.2) is 0 Å². The van der Waals surface area contributed by atoms with Crippen molar-refractivity contribution in [2.75, 3.05) is 5.75 Å². The number of hydrogen-bond donors (Lipinski definition) is 0. The summed E-state index contributed by atoms with van der Waals surface area (Å²) in [6.07, 6.45) is 2.44. The van der Waals surface area contributed by atoms with Gasteiger partial charge in [-0.1, -0.05) is 27.2 Å². The molecule has 0 saturated carbocycles. The van der Waals surface area contributed by atoms with E-state index in [1.54, 1.807) is 6.92 Å². The lowest BCUT2D eigenvalue weighted by molar-refractivity contribution is -0.117. The highest BCUT2D eigenvalue weighted by atomic mass is 32.2. The maximum Gasteiger partial charge on any atom is 0.143 e. The van der Waals surface area contributed by atoms with Crippen LogP contribution in [0.4, 0.5) is 0 Å². The normalized spacial score (nSPS) is 13.4. The molecule has 0 bridgehead atoms. The largest absolute Gasteiger partial charge is 0.299 e. The Morgan fingerprint density at radius 1 is 1.42 bits per heavy atom. The van der Waals surface area contributed by atoms with Crippen LogP contribution in [0.1, 0.15) is 40.5 Å². The molecule has 0 amide bonds. The van der Waals surface area contributed by atoms with Gasteiger partial charge in [0, 0.05) is 0 Å². The number of Topliss-reactive ketones (excluding diaryl/α,β-unsaturated/α-hetero) is 1. The summed E-state index contributed by atoms with van der Waals surface area (Å²) >= 11 is 1.81. The van der Waals surface area contributed by atoms with E-state index in [1.165, 1.54) is 12.8 Å². The van der Waals surface area contributed by atoms with Crippen molar-refractivity contribution in [1.29, 1.82) is 0 Å². The minimum absolute atomic E-state index is 0.219. The number of unbranched alkanes of at least 4 members (excludes halogenated alkanes) is 1. The first-order valence-electron chi connectivity index (χ1n) is 4.71.